The number of esters is 1. The van der Waals surface area contributed by atoms with Crippen molar-refractivity contribution in [2.45, 2.75) is 4.90 Å². The van der Waals surface area contributed by atoms with Crippen LogP contribution in [0.15, 0.2) is 64.5 Å². The molecule has 0 saturated carbocycles. The number of rotatable bonds is 6. The van der Waals surface area contributed by atoms with Crippen LogP contribution >= 0.6 is 0 Å². The summed E-state index contributed by atoms with van der Waals surface area (Å²) in [4.78, 5) is 11.2. The van der Waals surface area contributed by atoms with E-state index in [1.165, 1.54) is 44.6 Å². The van der Waals surface area contributed by atoms with Crippen molar-refractivity contribution in [3.05, 3.63) is 65.2 Å². The number of anilines is 1. The third-order valence-corrected chi connectivity index (χ3v) is 5.14. The first-order chi connectivity index (χ1) is 12.4. The van der Waals surface area contributed by atoms with Crippen LogP contribution in [0.4, 0.5) is 5.69 Å². The lowest BCUT2D eigenvalue weighted by atomic mass is 10.2. The van der Waals surface area contributed by atoms with E-state index in [0.29, 0.717) is 11.4 Å². The van der Waals surface area contributed by atoms with Crippen molar-refractivity contribution in [3.63, 3.8) is 0 Å². The van der Waals surface area contributed by atoms with Crippen molar-refractivity contribution in [2.75, 3.05) is 19.5 Å². The molecule has 0 saturated heterocycles. The number of carbonyl (C=O) groups excluding carboxylic acids is 1. The highest BCUT2D eigenvalue weighted by atomic mass is 32.2. The Morgan fingerprint density at radius 1 is 1.12 bits per heavy atom. The number of sulfone groups is 1. The Morgan fingerprint density at radius 2 is 1.77 bits per heavy atom. The molecule has 0 aliphatic rings. The van der Waals surface area contributed by atoms with E-state index in [9.17, 15) is 18.5 Å². The number of nitrogens with zero attached hydrogens (tertiary/aromatic N) is 1. The highest BCUT2D eigenvalue weighted by Crippen LogP contribution is 2.23. The minimum absolute atomic E-state index is 0.0471. The monoisotopic (exact) mass is 372 g/mol. The second-order valence-corrected chi connectivity index (χ2v) is 6.90. The molecule has 0 aromatic heterocycles. The fraction of sp³-hybridized carbons (Fsp3) is 0.111. The molecule has 0 spiro atoms. The normalized spacial score (nSPS) is 11.3. The summed E-state index contributed by atoms with van der Waals surface area (Å²) in [5.41, 5.74) is 0.530. The number of hydrogen-bond acceptors (Lipinski definition) is 7. The molecule has 0 bridgehead atoms. The van der Waals surface area contributed by atoms with Crippen molar-refractivity contribution in [1.82, 2.24) is 0 Å². The molecule has 0 aliphatic carbocycles. The summed E-state index contributed by atoms with van der Waals surface area (Å²) in [6.45, 7) is 0. The summed E-state index contributed by atoms with van der Waals surface area (Å²) >= 11 is 0. The molecule has 2 rings (SSSR count). The van der Waals surface area contributed by atoms with Crippen LogP contribution in [-0.2, 0) is 14.6 Å². The predicted octanol–water partition coefficient (Wildman–Crippen LogP) is 2.73. The van der Waals surface area contributed by atoms with Crippen LogP contribution in [0.1, 0.15) is 10.4 Å². The Kier molecular flexibility index (Phi) is 5.98. The van der Waals surface area contributed by atoms with Crippen molar-refractivity contribution in [3.8, 4) is 11.8 Å². The van der Waals surface area contributed by atoms with Gasteiger partial charge in [0.1, 0.15) is 11.8 Å². The average molecular weight is 372 g/mol. The molecule has 0 heterocycles. The van der Waals surface area contributed by atoms with Crippen LogP contribution in [-0.4, -0.2) is 28.6 Å². The van der Waals surface area contributed by atoms with Crippen LogP contribution in [0.25, 0.3) is 0 Å². The zero-order valence-corrected chi connectivity index (χ0v) is 14.9. The second kappa shape index (κ2) is 8.18. The Labute approximate surface area is 151 Å². The van der Waals surface area contributed by atoms with Crippen LogP contribution in [0.2, 0.25) is 0 Å². The zero-order chi connectivity index (χ0) is 19.2. The van der Waals surface area contributed by atoms with Crippen molar-refractivity contribution < 1.29 is 22.7 Å². The van der Waals surface area contributed by atoms with Crippen molar-refractivity contribution in [2.24, 2.45) is 0 Å². The molecule has 134 valence electrons. The van der Waals surface area contributed by atoms with Gasteiger partial charge in [-0.2, -0.15) is 5.26 Å². The number of nitriles is 1. The van der Waals surface area contributed by atoms with Gasteiger partial charge in [-0.05, 0) is 36.4 Å². The molecule has 0 amide bonds. The minimum atomic E-state index is -4.02. The summed E-state index contributed by atoms with van der Waals surface area (Å²) in [5, 5.41) is 12.0. The summed E-state index contributed by atoms with van der Waals surface area (Å²) < 4.78 is 34.9. The minimum Gasteiger partial charge on any atom is -0.497 e. The first-order valence-corrected chi connectivity index (χ1v) is 8.85. The van der Waals surface area contributed by atoms with Crippen LogP contribution in [0.5, 0.6) is 5.75 Å². The number of methoxy groups -OCH3 is 2. The fourth-order valence-corrected chi connectivity index (χ4v) is 3.17. The number of hydrogen-bond donors (Lipinski definition) is 1. The van der Waals surface area contributed by atoms with E-state index in [-0.39, 0.29) is 10.5 Å². The molecule has 0 unspecified atom stereocenters. The number of ether oxygens (including phenoxy) is 2. The summed E-state index contributed by atoms with van der Waals surface area (Å²) in [7, 11) is -1.31. The largest absolute Gasteiger partial charge is 0.497 e. The van der Waals surface area contributed by atoms with E-state index in [2.05, 4.69) is 10.1 Å². The first kappa shape index (κ1) is 19.0. The van der Waals surface area contributed by atoms with E-state index in [1.54, 1.807) is 24.3 Å². The van der Waals surface area contributed by atoms with Gasteiger partial charge >= 0.3 is 5.97 Å². The maximum Gasteiger partial charge on any atom is 0.339 e. The Hall–Kier alpha value is -3.31. The van der Waals surface area contributed by atoms with Gasteiger partial charge in [-0.15, -0.1) is 0 Å². The third-order valence-electron chi connectivity index (χ3n) is 3.46. The van der Waals surface area contributed by atoms with Gasteiger partial charge in [-0.1, -0.05) is 12.1 Å². The third kappa shape index (κ3) is 4.02. The van der Waals surface area contributed by atoms with Gasteiger partial charge in [0, 0.05) is 6.20 Å². The highest BCUT2D eigenvalue weighted by Gasteiger charge is 2.21. The number of benzene rings is 2. The molecular weight excluding hydrogens is 356 g/mol. The van der Waals surface area contributed by atoms with Gasteiger partial charge in [-0.3, -0.25) is 0 Å². The molecule has 7 nitrogen and oxygen atoms in total. The van der Waals surface area contributed by atoms with Gasteiger partial charge < -0.3 is 14.8 Å². The average Bonchev–Trinajstić information content (AvgIpc) is 2.68. The van der Waals surface area contributed by atoms with Gasteiger partial charge in [-0.25, -0.2) is 13.2 Å². The molecule has 8 heteroatoms. The first-order valence-electron chi connectivity index (χ1n) is 7.37. The molecule has 26 heavy (non-hydrogen) atoms. The standard InChI is InChI=1S/C18H16N2O5S/c1-24-13-7-9-14(10-8-13)26(22,23)15(11-19)12-20-17-6-4-3-5-16(17)18(21)25-2/h3-10,12,20H,1-2H3/b15-12-. The molecule has 2 aromatic carbocycles. The second-order valence-electron chi connectivity index (χ2n) is 4.98. The van der Waals surface area contributed by atoms with Crippen LogP contribution in [0.3, 0.4) is 0 Å². The summed E-state index contributed by atoms with van der Waals surface area (Å²) in [6.07, 6.45) is 1.04. The maximum atomic E-state index is 12.6. The number of allylic oxidation sites excluding steroid dienone is 1. The number of para-hydroxylation sites is 1. The number of nitrogens with one attached hydrogen (secondary N) is 1. The Bertz CT molecular complexity index is 973. The van der Waals surface area contributed by atoms with E-state index in [0.717, 1.165) is 6.20 Å². The molecule has 1 N–H and O–H groups in total. The lowest BCUT2D eigenvalue weighted by molar-refractivity contribution is 0.0602. The number of carbonyl (C=O) groups is 1. The quantitative estimate of drug-likeness (QED) is 0.614. The van der Waals surface area contributed by atoms with Crippen molar-refractivity contribution in [1.29, 1.82) is 5.26 Å². The summed E-state index contributed by atoms with van der Waals surface area (Å²) in [6, 6.07) is 13.7. The van der Waals surface area contributed by atoms with E-state index < -0.39 is 20.7 Å². The van der Waals surface area contributed by atoms with E-state index in [1.807, 2.05) is 0 Å². The van der Waals surface area contributed by atoms with Crippen LogP contribution < -0.4 is 10.1 Å². The summed E-state index contributed by atoms with van der Waals surface area (Å²) in [5.74, 6) is -0.0883. The molecule has 0 fully saturated rings. The van der Waals surface area contributed by atoms with Gasteiger partial charge in [0.15, 0.2) is 4.91 Å². The lowest BCUT2D eigenvalue weighted by Crippen LogP contribution is -2.08. The Morgan fingerprint density at radius 3 is 2.35 bits per heavy atom. The molecular formula is C18H16N2O5S. The molecule has 0 radical (unpaired) electrons. The van der Waals surface area contributed by atoms with E-state index in [4.69, 9.17) is 4.74 Å². The maximum absolute atomic E-state index is 12.6. The van der Waals surface area contributed by atoms with Gasteiger partial charge in [0.2, 0.25) is 9.84 Å². The van der Waals surface area contributed by atoms with Crippen molar-refractivity contribution >= 4 is 21.5 Å². The molecule has 0 aliphatic heterocycles. The molecule has 2 aromatic rings. The smallest absolute Gasteiger partial charge is 0.339 e. The fourth-order valence-electron chi connectivity index (χ4n) is 2.09. The molecule has 0 atom stereocenters. The van der Waals surface area contributed by atoms with Gasteiger partial charge in [0.05, 0.1) is 30.4 Å². The van der Waals surface area contributed by atoms with Gasteiger partial charge in [0.25, 0.3) is 0 Å². The van der Waals surface area contributed by atoms with Crippen LogP contribution in [0, 0.1) is 11.3 Å². The highest BCUT2D eigenvalue weighted by molar-refractivity contribution is 7.95. The lowest BCUT2D eigenvalue weighted by Gasteiger charge is -2.08. The SMILES string of the molecule is COC(=O)c1ccccc1N/C=C(/C#N)S(=O)(=O)c1ccc(OC)cc1. The van der Waals surface area contributed by atoms with E-state index >= 15 is 0 Å². The topological polar surface area (TPSA) is 105 Å². The predicted molar refractivity (Wildman–Crippen MR) is 95.3 cm³/mol. The Balaban J connectivity index is 2.36. The zero-order valence-electron chi connectivity index (χ0n) is 14.1.